The summed E-state index contributed by atoms with van der Waals surface area (Å²) in [6.45, 7) is 4.70. The smallest absolute Gasteiger partial charge is 0.509 e. The zero-order valence-corrected chi connectivity index (χ0v) is 11.7. The van der Waals surface area contributed by atoms with Crippen LogP contribution >= 0.6 is 11.3 Å². The predicted octanol–water partition coefficient (Wildman–Crippen LogP) is 1.76. The summed E-state index contributed by atoms with van der Waals surface area (Å²) in [6, 6.07) is 1.17. The van der Waals surface area contributed by atoms with Crippen LogP contribution in [-0.2, 0) is 32.7 Å². The molecule has 0 atom stereocenters. The summed E-state index contributed by atoms with van der Waals surface area (Å²) in [6.07, 6.45) is 0.901. The molecular weight excluding hydrogens is 259 g/mol. The van der Waals surface area contributed by atoms with Crippen LogP contribution in [0.5, 0.6) is 0 Å². The van der Waals surface area contributed by atoms with Gasteiger partial charge in [0.1, 0.15) is 0 Å². The van der Waals surface area contributed by atoms with Gasteiger partial charge in [-0.05, 0) is 13.5 Å². The van der Waals surface area contributed by atoms with Crippen LogP contribution in [0.1, 0.15) is 19.0 Å². The molecule has 1 rings (SSSR count). The molecule has 3 nitrogen and oxygen atoms in total. The number of hydrogen-bond donors (Lipinski definition) is 2. The van der Waals surface area contributed by atoms with E-state index in [9.17, 15) is 0 Å². The Kier molecular flexibility index (Phi) is 7.14. The molecular formula is C8H14N3SY+2. The number of anilines is 1. The summed E-state index contributed by atoms with van der Waals surface area (Å²) < 4.78 is 0. The van der Waals surface area contributed by atoms with Gasteiger partial charge in [-0.25, -0.2) is 11.0 Å². The van der Waals surface area contributed by atoms with Crippen LogP contribution < -0.4 is 11.1 Å². The molecule has 0 unspecified atom stereocenters. The minimum Gasteiger partial charge on any atom is -0.509 e. The van der Waals surface area contributed by atoms with Gasteiger partial charge >= 0.3 is 32.7 Å². The Hall–Kier alpha value is 0.494. The molecule has 1 aromatic rings. The largest absolute Gasteiger partial charge is 3.00 e. The average molecular weight is 273 g/mol. The summed E-state index contributed by atoms with van der Waals surface area (Å²) in [5.74, 6) is 0. The summed E-state index contributed by atoms with van der Waals surface area (Å²) in [5.41, 5.74) is 6.47. The first-order chi connectivity index (χ1) is 5.72. The molecule has 0 saturated heterocycles. The van der Waals surface area contributed by atoms with Crippen molar-refractivity contribution in [1.82, 2.24) is 4.98 Å². The number of hydrogen-bond acceptors (Lipinski definition) is 4. The van der Waals surface area contributed by atoms with Gasteiger partial charge in [-0.3, -0.25) is 0 Å². The first kappa shape index (κ1) is 13.5. The molecule has 5 heteroatoms. The first-order valence-electron chi connectivity index (χ1n) is 3.94. The molecule has 0 aromatic carbocycles. The van der Waals surface area contributed by atoms with E-state index in [0.717, 1.165) is 17.2 Å². The topological polar surface area (TPSA) is 50.9 Å². The Morgan fingerprint density at radius 3 is 2.85 bits per heavy atom. The molecule has 0 saturated carbocycles. The number of aromatic nitrogens is 1. The molecule has 0 amide bonds. The van der Waals surface area contributed by atoms with Crippen LogP contribution in [-0.4, -0.2) is 11.5 Å². The van der Waals surface area contributed by atoms with E-state index in [0.29, 0.717) is 6.54 Å². The maximum absolute atomic E-state index is 5.41. The Balaban J connectivity index is 0.00000144. The van der Waals surface area contributed by atoms with E-state index in [1.165, 1.54) is 6.04 Å². The van der Waals surface area contributed by atoms with Crippen molar-refractivity contribution in [2.24, 2.45) is 5.73 Å². The van der Waals surface area contributed by atoms with Crippen molar-refractivity contribution in [1.29, 1.82) is 0 Å². The van der Waals surface area contributed by atoms with E-state index in [1.54, 1.807) is 11.3 Å². The quantitative estimate of drug-likeness (QED) is 0.822. The standard InChI is InChI=1S/C8H14N3S.Y/c1-6(3-4-9)10-8-11-7(2)5-12-8;/h5H,3-4,9H2,1-2H3,(H,10,11);/q-1;+3. The van der Waals surface area contributed by atoms with Crippen molar-refractivity contribution in [3.05, 3.63) is 17.1 Å². The van der Waals surface area contributed by atoms with Gasteiger partial charge in [0.25, 0.3) is 0 Å². The van der Waals surface area contributed by atoms with Crippen molar-refractivity contribution in [3.8, 4) is 0 Å². The Morgan fingerprint density at radius 2 is 2.38 bits per heavy atom. The number of aryl methyl sites for hydroxylation is 1. The first-order valence-corrected chi connectivity index (χ1v) is 4.82. The third-order valence-corrected chi connectivity index (χ3v) is 2.33. The van der Waals surface area contributed by atoms with Crippen molar-refractivity contribution in [2.45, 2.75) is 20.3 Å². The Morgan fingerprint density at radius 1 is 1.69 bits per heavy atom. The van der Waals surface area contributed by atoms with Crippen LogP contribution in [0.25, 0.3) is 0 Å². The molecule has 1 heterocycles. The van der Waals surface area contributed by atoms with E-state index in [4.69, 9.17) is 5.73 Å². The predicted molar refractivity (Wildman–Crippen MR) is 53.1 cm³/mol. The summed E-state index contributed by atoms with van der Waals surface area (Å²) in [5, 5.41) is 6.19. The van der Waals surface area contributed by atoms with Gasteiger partial charge in [-0.2, -0.15) is 6.92 Å². The molecule has 0 radical (unpaired) electrons. The molecule has 68 valence electrons. The normalized spacial score (nSPS) is 9.85. The maximum atomic E-state index is 5.41. The van der Waals surface area contributed by atoms with E-state index in [1.807, 2.05) is 19.2 Å². The second-order valence-corrected chi connectivity index (χ2v) is 3.60. The number of nitrogens with one attached hydrogen (secondary N) is 1. The van der Waals surface area contributed by atoms with Crippen molar-refractivity contribution >= 4 is 16.5 Å². The number of nitrogens with two attached hydrogens (primary N) is 1. The molecule has 0 aliphatic heterocycles. The van der Waals surface area contributed by atoms with Gasteiger partial charge in [-0.1, -0.05) is 0 Å². The number of thiazole rings is 1. The van der Waals surface area contributed by atoms with Crippen LogP contribution in [0, 0.1) is 13.0 Å². The van der Waals surface area contributed by atoms with Crippen LogP contribution in [0.3, 0.4) is 0 Å². The third-order valence-electron chi connectivity index (χ3n) is 1.46. The zero-order chi connectivity index (χ0) is 8.97. The van der Waals surface area contributed by atoms with E-state index in [-0.39, 0.29) is 32.7 Å². The summed E-state index contributed by atoms with van der Waals surface area (Å²) in [4.78, 5) is 4.28. The number of nitrogens with zero attached hydrogens (tertiary/aromatic N) is 1. The minimum absolute atomic E-state index is 0. The van der Waals surface area contributed by atoms with Gasteiger partial charge in [0, 0.05) is 5.38 Å². The van der Waals surface area contributed by atoms with Crippen LogP contribution in [0.4, 0.5) is 5.13 Å². The fourth-order valence-corrected chi connectivity index (χ4v) is 1.64. The molecule has 1 aromatic heterocycles. The van der Waals surface area contributed by atoms with Crippen molar-refractivity contribution in [2.75, 3.05) is 11.9 Å². The van der Waals surface area contributed by atoms with Gasteiger partial charge < -0.3 is 11.1 Å². The third kappa shape index (κ3) is 5.06. The number of rotatable bonds is 4. The van der Waals surface area contributed by atoms with Crippen LogP contribution in [0.15, 0.2) is 5.38 Å². The molecule has 0 spiro atoms. The van der Waals surface area contributed by atoms with Crippen molar-refractivity contribution < 1.29 is 32.7 Å². The summed E-state index contributed by atoms with van der Waals surface area (Å²) in [7, 11) is 0. The van der Waals surface area contributed by atoms with Crippen LogP contribution in [0.2, 0.25) is 0 Å². The molecule has 3 N–H and O–H groups in total. The average Bonchev–Trinajstić information content (AvgIpc) is 2.36. The maximum Gasteiger partial charge on any atom is 3.00 e. The minimum atomic E-state index is 0. The zero-order valence-electron chi connectivity index (χ0n) is 8.00. The SMILES string of the molecule is Cc1csc(N[C-](C)CCN)n1.[Y+3]. The monoisotopic (exact) mass is 273 g/mol. The molecule has 13 heavy (non-hydrogen) atoms. The van der Waals surface area contributed by atoms with Gasteiger partial charge in [0.15, 0.2) is 5.13 Å². The summed E-state index contributed by atoms with van der Waals surface area (Å²) >= 11 is 1.62. The van der Waals surface area contributed by atoms with Gasteiger partial charge in [0.2, 0.25) is 0 Å². The Labute approximate surface area is 108 Å². The van der Waals surface area contributed by atoms with E-state index < -0.39 is 0 Å². The second-order valence-electron chi connectivity index (χ2n) is 2.74. The fourth-order valence-electron chi connectivity index (χ4n) is 0.873. The molecule has 0 aliphatic rings. The van der Waals surface area contributed by atoms with Crippen molar-refractivity contribution in [3.63, 3.8) is 0 Å². The molecule has 0 aliphatic carbocycles. The second kappa shape index (κ2) is 6.88. The molecule has 0 fully saturated rings. The van der Waals surface area contributed by atoms with E-state index >= 15 is 0 Å². The van der Waals surface area contributed by atoms with E-state index in [2.05, 4.69) is 10.3 Å². The van der Waals surface area contributed by atoms with Gasteiger partial charge in [0.05, 0.1) is 5.69 Å². The fraction of sp³-hybridized carbons (Fsp3) is 0.500. The Bertz CT molecular complexity index is 239. The van der Waals surface area contributed by atoms with Gasteiger partial charge in [-0.15, -0.1) is 17.8 Å². The molecule has 0 bridgehead atoms.